The first-order valence-electron chi connectivity index (χ1n) is 5.53. The van der Waals surface area contributed by atoms with Crippen molar-refractivity contribution in [3.05, 3.63) is 34.3 Å². The van der Waals surface area contributed by atoms with E-state index in [-0.39, 0.29) is 0 Å². The monoisotopic (exact) mass is 268 g/mol. The molecule has 0 aromatic carbocycles. The molecule has 0 N–H and O–H groups in total. The van der Waals surface area contributed by atoms with Gasteiger partial charge in [0.1, 0.15) is 0 Å². The third kappa shape index (κ3) is 2.58. The molecule has 0 aliphatic heterocycles. The van der Waals surface area contributed by atoms with Gasteiger partial charge in [-0.25, -0.2) is 0 Å². The van der Waals surface area contributed by atoms with Crippen LogP contribution >= 0.6 is 24.4 Å². The van der Waals surface area contributed by atoms with Crippen molar-refractivity contribution in [1.82, 2.24) is 18.3 Å². The highest BCUT2D eigenvalue weighted by Crippen LogP contribution is 2.01. The standard InChI is InChI=1S/C11H16N4S2/c1-12-6-8-14(10(12)16)4-3-5-15-9-7-13(2)11(15)17/h6-9H,3-5H2,1-2H3. The van der Waals surface area contributed by atoms with Crippen molar-refractivity contribution in [2.75, 3.05) is 0 Å². The highest BCUT2D eigenvalue weighted by molar-refractivity contribution is 7.71. The van der Waals surface area contributed by atoms with Gasteiger partial charge in [0, 0.05) is 52.0 Å². The number of aryl methyl sites for hydroxylation is 4. The Morgan fingerprint density at radius 2 is 1.24 bits per heavy atom. The van der Waals surface area contributed by atoms with Crippen LogP contribution in [0.15, 0.2) is 24.8 Å². The maximum atomic E-state index is 5.28. The van der Waals surface area contributed by atoms with Crippen LogP contribution < -0.4 is 0 Å². The van der Waals surface area contributed by atoms with Crippen molar-refractivity contribution in [3.8, 4) is 0 Å². The molecule has 4 nitrogen and oxygen atoms in total. The molecule has 17 heavy (non-hydrogen) atoms. The van der Waals surface area contributed by atoms with Crippen molar-refractivity contribution >= 4 is 24.4 Å². The number of hydrogen-bond acceptors (Lipinski definition) is 2. The minimum atomic E-state index is 0.863. The average molecular weight is 268 g/mol. The molecule has 0 saturated heterocycles. The van der Waals surface area contributed by atoms with E-state index < -0.39 is 0 Å². The number of rotatable bonds is 4. The molecule has 0 unspecified atom stereocenters. The highest BCUT2D eigenvalue weighted by Gasteiger charge is 1.98. The Kier molecular flexibility index (Phi) is 3.63. The molecule has 0 aliphatic rings. The van der Waals surface area contributed by atoms with Crippen LogP contribution in [0.2, 0.25) is 0 Å². The van der Waals surface area contributed by atoms with E-state index in [1.54, 1.807) is 0 Å². The van der Waals surface area contributed by atoms with Gasteiger partial charge in [0.05, 0.1) is 0 Å². The van der Waals surface area contributed by atoms with Gasteiger partial charge in [-0.15, -0.1) is 0 Å². The van der Waals surface area contributed by atoms with Crippen LogP contribution in [0.3, 0.4) is 0 Å². The molecule has 2 heterocycles. The molecule has 0 radical (unpaired) electrons. The van der Waals surface area contributed by atoms with Gasteiger partial charge in [-0.05, 0) is 30.9 Å². The van der Waals surface area contributed by atoms with Crippen LogP contribution in [0.5, 0.6) is 0 Å². The summed E-state index contributed by atoms with van der Waals surface area (Å²) in [6.07, 6.45) is 9.03. The van der Waals surface area contributed by atoms with Crippen LogP contribution in [-0.4, -0.2) is 18.3 Å². The van der Waals surface area contributed by atoms with E-state index in [4.69, 9.17) is 24.4 Å². The Labute approximate surface area is 111 Å². The Morgan fingerprint density at radius 1 is 0.824 bits per heavy atom. The molecular formula is C11H16N4S2. The average Bonchev–Trinajstić information content (AvgIpc) is 2.79. The fourth-order valence-electron chi connectivity index (χ4n) is 1.77. The number of aromatic nitrogens is 4. The molecule has 0 amide bonds. The van der Waals surface area contributed by atoms with Gasteiger partial charge in [-0.1, -0.05) is 0 Å². The van der Waals surface area contributed by atoms with Crippen LogP contribution in [-0.2, 0) is 27.2 Å². The second-order valence-electron chi connectivity index (χ2n) is 4.12. The zero-order valence-electron chi connectivity index (χ0n) is 10.0. The van der Waals surface area contributed by atoms with Gasteiger partial charge >= 0.3 is 0 Å². The van der Waals surface area contributed by atoms with Gasteiger partial charge in [0.15, 0.2) is 9.54 Å². The largest absolute Gasteiger partial charge is 0.327 e. The molecule has 2 rings (SSSR count). The Morgan fingerprint density at radius 3 is 1.53 bits per heavy atom. The molecule has 0 bridgehead atoms. The van der Waals surface area contributed by atoms with E-state index in [1.807, 2.05) is 48.0 Å². The summed E-state index contributed by atoms with van der Waals surface area (Å²) in [5.41, 5.74) is 0. The number of imidazole rings is 2. The third-order valence-corrected chi connectivity index (χ3v) is 3.88. The minimum Gasteiger partial charge on any atom is -0.327 e. The van der Waals surface area contributed by atoms with Gasteiger partial charge in [0.25, 0.3) is 0 Å². The lowest BCUT2D eigenvalue weighted by Crippen LogP contribution is -2.04. The summed E-state index contributed by atoms with van der Waals surface area (Å²) in [5, 5.41) is 0. The van der Waals surface area contributed by atoms with Crippen molar-refractivity contribution in [2.45, 2.75) is 19.5 Å². The van der Waals surface area contributed by atoms with Gasteiger partial charge in [0.2, 0.25) is 0 Å². The van der Waals surface area contributed by atoms with Gasteiger partial charge in [-0.3, -0.25) is 0 Å². The fourth-order valence-corrected chi connectivity index (χ4v) is 2.20. The van der Waals surface area contributed by atoms with Crippen LogP contribution in [0.4, 0.5) is 0 Å². The summed E-state index contributed by atoms with van der Waals surface area (Å²) in [6.45, 7) is 1.85. The molecule has 2 aromatic heterocycles. The summed E-state index contributed by atoms with van der Waals surface area (Å²) in [5.74, 6) is 0. The van der Waals surface area contributed by atoms with Crippen molar-refractivity contribution in [3.63, 3.8) is 0 Å². The van der Waals surface area contributed by atoms with Crippen LogP contribution in [0.1, 0.15) is 6.42 Å². The SMILES string of the molecule is Cn1ccn(CCCn2ccn(C)c2=S)c1=S. The number of hydrogen-bond donors (Lipinski definition) is 0. The lowest BCUT2D eigenvalue weighted by Gasteiger charge is -2.04. The molecule has 0 spiro atoms. The second-order valence-corrected chi connectivity index (χ2v) is 4.85. The Bertz CT molecular complexity index is 560. The summed E-state index contributed by atoms with van der Waals surface area (Å²) in [6, 6.07) is 0. The number of nitrogens with zero attached hydrogens (tertiary/aromatic N) is 4. The Hall–Kier alpha value is -1.14. The minimum absolute atomic E-state index is 0.863. The molecule has 2 aromatic rings. The smallest absolute Gasteiger partial charge is 0.179 e. The first-order chi connectivity index (χ1) is 8.09. The van der Waals surface area contributed by atoms with Gasteiger partial charge < -0.3 is 18.3 Å². The van der Waals surface area contributed by atoms with E-state index in [0.717, 1.165) is 29.1 Å². The van der Waals surface area contributed by atoms with E-state index in [9.17, 15) is 0 Å². The molecule has 6 heteroatoms. The summed E-state index contributed by atoms with van der Waals surface area (Å²) in [7, 11) is 3.93. The van der Waals surface area contributed by atoms with Crippen molar-refractivity contribution in [2.24, 2.45) is 14.1 Å². The van der Waals surface area contributed by atoms with E-state index in [0.29, 0.717) is 0 Å². The van der Waals surface area contributed by atoms with Crippen LogP contribution in [0, 0.1) is 9.54 Å². The molecule has 92 valence electrons. The van der Waals surface area contributed by atoms with Gasteiger partial charge in [-0.2, -0.15) is 0 Å². The quantitative estimate of drug-likeness (QED) is 0.794. The lowest BCUT2D eigenvalue weighted by molar-refractivity contribution is 0.548. The first kappa shape index (κ1) is 12.3. The van der Waals surface area contributed by atoms with Crippen LogP contribution in [0.25, 0.3) is 0 Å². The molecular weight excluding hydrogens is 252 g/mol. The summed E-state index contributed by atoms with van der Waals surface area (Å²) < 4.78 is 9.79. The maximum Gasteiger partial charge on any atom is 0.179 e. The zero-order valence-corrected chi connectivity index (χ0v) is 11.7. The summed E-state index contributed by atoms with van der Waals surface area (Å²) in [4.78, 5) is 0. The fraction of sp³-hybridized carbons (Fsp3) is 0.455. The maximum absolute atomic E-state index is 5.28. The normalized spacial score (nSPS) is 10.9. The molecule has 0 atom stereocenters. The predicted octanol–water partition coefficient (Wildman–Crippen LogP) is 2.52. The van der Waals surface area contributed by atoms with Crippen molar-refractivity contribution in [1.29, 1.82) is 0 Å². The second kappa shape index (κ2) is 5.01. The lowest BCUT2D eigenvalue weighted by atomic mass is 10.4. The molecule has 0 saturated carbocycles. The predicted molar refractivity (Wildman–Crippen MR) is 73.1 cm³/mol. The Balaban J connectivity index is 1.97. The van der Waals surface area contributed by atoms with E-state index >= 15 is 0 Å². The third-order valence-electron chi connectivity index (χ3n) is 2.83. The topological polar surface area (TPSA) is 19.7 Å². The molecule has 0 fully saturated rings. The van der Waals surface area contributed by atoms with E-state index in [1.165, 1.54) is 0 Å². The zero-order chi connectivity index (χ0) is 12.4. The molecule has 0 aliphatic carbocycles. The first-order valence-corrected chi connectivity index (χ1v) is 6.35. The van der Waals surface area contributed by atoms with E-state index in [2.05, 4.69) is 9.13 Å². The summed E-state index contributed by atoms with van der Waals surface area (Å²) >= 11 is 10.6. The highest BCUT2D eigenvalue weighted by atomic mass is 32.1. The van der Waals surface area contributed by atoms with Crippen molar-refractivity contribution < 1.29 is 0 Å².